The fourth-order valence-electron chi connectivity index (χ4n) is 2.76. The molecule has 0 saturated carbocycles. The number of rotatable bonds is 5. The van der Waals surface area contributed by atoms with Crippen molar-refractivity contribution in [2.24, 2.45) is 0 Å². The molecule has 0 bridgehead atoms. The third kappa shape index (κ3) is 3.41. The van der Waals surface area contributed by atoms with Crippen molar-refractivity contribution in [1.29, 1.82) is 0 Å². The van der Waals surface area contributed by atoms with Gasteiger partial charge in [-0.1, -0.05) is 18.5 Å². The van der Waals surface area contributed by atoms with Gasteiger partial charge in [-0.25, -0.2) is 4.79 Å². The number of nitrogens with one attached hydrogen (secondary N) is 1. The summed E-state index contributed by atoms with van der Waals surface area (Å²) in [4.78, 5) is 25.9. The number of ether oxygens (including phenoxy) is 1. The van der Waals surface area contributed by atoms with Crippen LogP contribution in [0.25, 0.3) is 10.2 Å². The third-order valence-corrected chi connectivity index (χ3v) is 5.13. The summed E-state index contributed by atoms with van der Waals surface area (Å²) in [6, 6.07) is 10.1. The largest absolute Gasteiger partial charge is 0.464 e. The van der Waals surface area contributed by atoms with E-state index in [9.17, 15) is 9.59 Å². The van der Waals surface area contributed by atoms with Gasteiger partial charge in [0.05, 0.1) is 7.11 Å². The van der Waals surface area contributed by atoms with Crippen LogP contribution in [0.2, 0.25) is 5.02 Å². The monoisotopic (exact) mass is 376 g/mol. The van der Waals surface area contributed by atoms with E-state index in [0.717, 1.165) is 10.2 Å². The summed E-state index contributed by atoms with van der Waals surface area (Å²) < 4.78 is 6.64. The fraction of sp³-hybridized carbons (Fsp3) is 0.222. The lowest BCUT2D eigenvalue weighted by Crippen LogP contribution is -2.27. The summed E-state index contributed by atoms with van der Waals surface area (Å²) in [5.74, 6) is -0.651. The van der Waals surface area contributed by atoms with Crippen LogP contribution in [0.15, 0.2) is 41.8 Å². The van der Waals surface area contributed by atoms with Crippen molar-refractivity contribution in [2.45, 2.75) is 19.4 Å². The van der Waals surface area contributed by atoms with Crippen LogP contribution in [0, 0.1) is 0 Å². The maximum absolute atomic E-state index is 12.8. The van der Waals surface area contributed by atoms with Gasteiger partial charge in [0.25, 0.3) is 0 Å². The number of carbonyl (C=O) groups excluding carboxylic acids is 2. The molecule has 130 valence electrons. The molecular formula is C18H17ClN2O3S. The molecule has 5 nitrogen and oxygen atoms in total. The first-order valence-corrected chi connectivity index (χ1v) is 9.04. The van der Waals surface area contributed by atoms with E-state index in [1.807, 2.05) is 18.4 Å². The number of fused-ring (bicyclic) bond motifs is 1. The third-order valence-electron chi connectivity index (χ3n) is 3.95. The van der Waals surface area contributed by atoms with E-state index in [2.05, 4.69) is 5.32 Å². The molecule has 1 N–H and O–H groups in total. The summed E-state index contributed by atoms with van der Waals surface area (Å²) in [5, 5.41) is 6.34. The minimum atomic E-state index is -0.527. The number of carbonyl (C=O) groups is 2. The van der Waals surface area contributed by atoms with Gasteiger partial charge in [0.2, 0.25) is 5.91 Å². The van der Waals surface area contributed by atoms with Gasteiger partial charge in [0.15, 0.2) is 0 Å². The van der Waals surface area contributed by atoms with Crippen molar-refractivity contribution in [3.63, 3.8) is 0 Å². The minimum Gasteiger partial charge on any atom is -0.464 e. The fourth-order valence-corrected chi connectivity index (χ4v) is 3.83. The van der Waals surface area contributed by atoms with Crippen molar-refractivity contribution in [2.75, 3.05) is 12.4 Å². The van der Waals surface area contributed by atoms with Gasteiger partial charge >= 0.3 is 5.97 Å². The number of anilines is 1. The summed E-state index contributed by atoms with van der Waals surface area (Å²) in [5.41, 5.74) is 1.03. The Morgan fingerprint density at radius 3 is 2.64 bits per heavy atom. The van der Waals surface area contributed by atoms with Crippen molar-refractivity contribution in [3.8, 4) is 0 Å². The van der Waals surface area contributed by atoms with Crippen LogP contribution in [-0.4, -0.2) is 23.6 Å². The van der Waals surface area contributed by atoms with E-state index < -0.39 is 12.0 Å². The van der Waals surface area contributed by atoms with Crippen molar-refractivity contribution < 1.29 is 14.3 Å². The summed E-state index contributed by atoms with van der Waals surface area (Å²) >= 11 is 7.37. The molecule has 3 rings (SSSR count). The quantitative estimate of drug-likeness (QED) is 0.654. The number of nitrogens with zero attached hydrogens (tertiary/aromatic N) is 1. The summed E-state index contributed by atoms with van der Waals surface area (Å²) in [6.45, 7) is 1.91. The second-order valence-corrected chi connectivity index (χ2v) is 6.82. The normalized spacial score (nSPS) is 12.1. The highest BCUT2D eigenvalue weighted by molar-refractivity contribution is 7.16. The molecule has 2 heterocycles. The molecule has 25 heavy (non-hydrogen) atoms. The molecule has 0 spiro atoms. The molecule has 0 aliphatic heterocycles. The molecule has 1 aromatic carbocycles. The molecule has 0 aliphatic rings. The lowest BCUT2D eigenvalue weighted by molar-refractivity contribution is -0.119. The maximum Gasteiger partial charge on any atom is 0.354 e. The van der Waals surface area contributed by atoms with Crippen molar-refractivity contribution in [3.05, 3.63) is 52.5 Å². The Kier molecular flexibility index (Phi) is 5.11. The van der Waals surface area contributed by atoms with Crippen LogP contribution in [0.3, 0.4) is 0 Å². The average Bonchev–Trinajstić information content (AvgIpc) is 3.19. The molecule has 0 fully saturated rings. The smallest absolute Gasteiger partial charge is 0.354 e. The Morgan fingerprint density at radius 2 is 2.00 bits per heavy atom. The van der Waals surface area contributed by atoms with Crippen molar-refractivity contribution >= 4 is 50.7 Å². The Balaban J connectivity index is 1.98. The van der Waals surface area contributed by atoms with Crippen LogP contribution in [0.5, 0.6) is 0 Å². The number of halogens is 1. The lowest BCUT2D eigenvalue weighted by Gasteiger charge is -2.19. The van der Waals surface area contributed by atoms with Crippen LogP contribution < -0.4 is 5.32 Å². The molecule has 1 atom stereocenters. The second-order valence-electron chi connectivity index (χ2n) is 5.49. The number of esters is 1. The van der Waals surface area contributed by atoms with Crippen LogP contribution >= 0.6 is 22.9 Å². The Bertz CT molecular complexity index is 914. The number of aromatic nitrogens is 1. The summed E-state index contributed by atoms with van der Waals surface area (Å²) in [7, 11) is 1.34. The topological polar surface area (TPSA) is 60.3 Å². The van der Waals surface area contributed by atoms with Gasteiger partial charge in [-0.3, -0.25) is 4.79 Å². The Morgan fingerprint density at radius 1 is 1.28 bits per heavy atom. The molecule has 1 amide bonds. The first kappa shape index (κ1) is 17.5. The Labute approximate surface area is 154 Å². The van der Waals surface area contributed by atoms with E-state index in [1.165, 1.54) is 18.4 Å². The second kappa shape index (κ2) is 7.29. The number of benzene rings is 1. The zero-order chi connectivity index (χ0) is 18.0. The highest BCUT2D eigenvalue weighted by Crippen LogP contribution is 2.31. The van der Waals surface area contributed by atoms with Gasteiger partial charge in [-0.2, -0.15) is 0 Å². The van der Waals surface area contributed by atoms with Gasteiger partial charge in [-0.15, -0.1) is 11.3 Å². The lowest BCUT2D eigenvalue weighted by atomic mass is 10.2. The molecule has 1 unspecified atom stereocenters. The highest BCUT2D eigenvalue weighted by atomic mass is 35.5. The maximum atomic E-state index is 12.8. The van der Waals surface area contributed by atoms with E-state index in [0.29, 0.717) is 22.8 Å². The molecule has 7 heteroatoms. The van der Waals surface area contributed by atoms with Crippen molar-refractivity contribution in [1.82, 2.24) is 4.57 Å². The molecule has 0 saturated heterocycles. The molecule has 0 aliphatic carbocycles. The molecule has 2 aromatic heterocycles. The number of hydrogen-bond donors (Lipinski definition) is 1. The zero-order valence-electron chi connectivity index (χ0n) is 13.8. The predicted octanol–water partition coefficient (Wildman–Crippen LogP) is 4.73. The number of hydrogen-bond acceptors (Lipinski definition) is 4. The minimum absolute atomic E-state index is 0.194. The van der Waals surface area contributed by atoms with Crippen LogP contribution in [-0.2, 0) is 9.53 Å². The standard InChI is InChI=1S/C18H17ClN2O3S/c1-3-14(16(22)20-13-6-4-12(19)5-7-13)21-15(18(23)24-2)10-11-8-9-25-17(11)21/h4-10,14H,3H2,1-2H3,(H,20,22). The SMILES string of the molecule is CCC(C(=O)Nc1ccc(Cl)cc1)n1c(C(=O)OC)cc2ccsc21. The highest BCUT2D eigenvalue weighted by Gasteiger charge is 2.27. The van der Waals surface area contributed by atoms with Crippen LogP contribution in [0.1, 0.15) is 29.9 Å². The molecule has 3 aromatic rings. The van der Waals surface area contributed by atoms with Gasteiger partial charge in [-0.05, 0) is 48.2 Å². The molecular weight excluding hydrogens is 360 g/mol. The van der Waals surface area contributed by atoms with E-state index in [4.69, 9.17) is 16.3 Å². The number of amides is 1. The zero-order valence-corrected chi connectivity index (χ0v) is 15.4. The number of thiophene rings is 1. The van der Waals surface area contributed by atoms with E-state index >= 15 is 0 Å². The van der Waals surface area contributed by atoms with E-state index in [-0.39, 0.29) is 5.91 Å². The molecule has 0 radical (unpaired) electrons. The van der Waals surface area contributed by atoms with Gasteiger partial charge in [0, 0.05) is 16.1 Å². The Hall–Kier alpha value is -2.31. The average molecular weight is 377 g/mol. The first-order valence-electron chi connectivity index (χ1n) is 7.78. The first-order chi connectivity index (χ1) is 12.0. The van der Waals surface area contributed by atoms with Gasteiger partial charge < -0.3 is 14.6 Å². The number of methoxy groups -OCH3 is 1. The van der Waals surface area contributed by atoms with Gasteiger partial charge in [0.1, 0.15) is 16.6 Å². The van der Waals surface area contributed by atoms with E-state index in [1.54, 1.807) is 34.9 Å². The predicted molar refractivity (Wildman–Crippen MR) is 101 cm³/mol. The van der Waals surface area contributed by atoms with Crippen LogP contribution in [0.4, 0.5) is 5.69 Å². The summed E-state index contributed by atoms with van der Waals surface area (Å²) in [6.07, 6.45) is 0.533.